The summed E-state index contributed by atoms with van der Waals surface area (Å²) in [6, 6.07) is 0. The summed E-state index contributed by atoms with van der Waals surface area (Å²) in [4.78, 5) is 0. The van der Waals surface area contributed by atoms with Crippen molar-refractivity contribution in [2.45, 2.75) is 33.3 Å². The lowest BCUT2D eigenvalue weighted by atomic mass is 9.79. The number of hydrogen-bond donors (Lipinski definition) is 1. The predicted molar refractivity (Wildman–Crippen MR) is 69.4 cm³/mol. The SMILES string of the molecule is COC1=CC=C2[C@H](C(C)C)C[C@H](O)[C@]2(C)C=C1. The molecule has 0 radical (unpaired) electrons. The Morgan fingerprint density at radius 1 is 1.41 bits per heavy atom. The van der Waals surface area contributed by atoms with Crippen LogP contribution in [0.4, 0.5) is 0 Å². The lowest BCUT2D eigenvalue weighted by Crippen LogP contribution is -2.25. The van der Waals surface area contributed by atoms with Crippen LogP contribution in [0.25, 0.3) is 0 Å². The molecule has 0 heterocycles. The maximum atomic E-state index is 10.3. The Morgan fingerprint density at radius 2 is 2.12 bits per heavy atom. The van der Waals surface area contributed by atoms with E-state index in [1.165, 1.54) is 5.57 Å². The van der Waals surface area contributed by atoms with Gasteiger partial charge in [-0.25, -0.2) is 0 Å². The van der Waals surface area contributed by atoms with Gasteiger partial charge in [-0.2, -0.15) is 0 Å². The van der Waals surface area contributed by atoms with Crippen molar-refractivity contribution < 1.29 is 9.84 Å². The fourth-order valence-electron chi connectivity index (χ4n) is 2.96. The number of rotatable bonds is 2. The summed E-state index contributed by atoms with van der Waals surface area (Å²) in [6.45, 7) is 6.56. The Balaban J connectivity index is 2.44. The number of aliphatic hydroxyl groups is 1. The van der Waals surface area contributed by atoms with Gasteiger partial charge in [0.1, 0.15) is 5.76 Å². The third kappa shape index (κ3) is 1.95. The fourth-order valence-corrected chi connectivity index (χ4v) is 2.96. The average molecular weight is 234 g/mol. The molecule has 0 aromatic carbocycles. The molecule has 2 aliphatic carbocycles. The molecule has 1 saturated carbocycles. The first kappa shape index (κ1) is 12.4. The zero-order valence-electron chi connectivity index (χ0n) is 11.1. The molecule has 0 unspecified atom stereocenters. The highest BCUT2D eigenvalue weighted by Gasteiger charge is 2.46. The largest absolute Gasteiger partial charge is 0.497 e. The van der Waals surface area contributed by atoms with Crippen molar-refractivity contribution in [3.8, 4) is 0 Å². The van der Waals surface area contributed by atoms with Crippen LogP contribution in [0.3, 0.4) is 0 Å². The Morgan fingerprint density at radius 3 is 2.71 bits per heavy atom. The van der Waals surface area contributed by atoms with Gasteiger partial charge in [0.15, 0.2) is 0 Å². The molecule has 0 saturated heterocycles. The van der Waals surface area contributed by atoms with Gasteiger partial charge < -0.3 is 9.84 Å². The standard InChI is InChI=1S/C15H22O2/c1-10(2)12-9-14(16)15(3)8-7-11(17-4)5-6-13(12)15/h5-8,10,12,14,16H,9H2,1-4H3/t12-,14-,15+/m0/s1. The minimum Gasteiger partial charge on any atom is -0.497 e. The Labute approximate surface area is 104 Å². The van der Waals surface area contributed by atoms with E-state index in [0.29, 0.717) is 11.8 Å². The van der Waals surface area contributed by atoms with Crippen LogP contribution in [0.15, 0.2) is 35.6 Å². The highest BCUT2D eigenvalue weighted by molar-refractivity contribution is 5.39. The minimum atomic E-state index is -0.290. The molecule has 17 heavy (non-hydrogen) atoms. The van der Waals surface area contributed by atoms with Gasteiger partial charge in [0.05, 0.1) is 13.2 Å². The van der Waals surface area contributed by atoms with Crippen LogP contribution in [-0.4, -0.2) is 18.3 Å². The van der Waals surface area contributed by atoms with E-state index in [2.05, 4.69) is 32.9 Å². The van der Waals surface area contributed by atoms with Crippen LogP contribution < -0.4 is 0 Å². The Hall–Kier alpha value is -1.02. The van der Waals surface area contributed by atoms with Gasteiger partial charge in [-0.05, 0) is 37.3 Å². The molecular formula is C15H22O2. The molecule has 2 nitrogen and oxygen atoms in total. The fraction of sp³-hybridized carbons (Fsp3) is 0.600. The van der Waals surface area contributed by atoms with Crippen LogP contribution in [0.5, 0.6) is 0 Å². The van der Waals surface area contributed by atoms with Crippen LogP contribution in [0.1, 0.15) is 27.2 Å². The zero-order chi connectivity index (χ0) is 12.6. The molecule has 0 spiro atoms. The number of aliphatic hydroxyl groups excluding tert-OH is 1. The molecule has 2 heteroatoms. The summed E-state index contributed by atoms with van der Waals surface area (Å²) < 4.78 is 5.26. The van der Waals surface area contributed by atoms with E-state index >= 15 is 0 Å². The van der Waals surface area contributed by atoms with E-state index in [1.807, 2.05) is 12.2 Å². The Kier molecular flexibility index (Phi) is 3.17. The molecule has 3 atom stereocenters. The van der Waals surface area contributed by atoms with Crippen LogP contribution >= 0.6 is 0 Å². The van der Waals surface area contributed by atoms with Gasteiger partial charge in [-0.1, -0.05) is 31.6 Å². The first-order valence-corrected chi connectivity index (χ1v) is 6.32. The van der Waals surface area contributed by atoms with Crippen LogP contribution in [-0.2, 0) is 4.74 Å². The summed E-state index contributed by atoms with van der Waals surface area (Å²) >= 11 is 0. The van der Waals surface area contributed by atoms with Gasteiger partial charge in [-0.15, -0.1) is 0 Å². The normalized spacial score (nSPS) is 36.4. The molecule has 1 fully saturated rings. The highest BCUT2D eigenvalue weighted by atomic mass is 16.5. The summed E-state index contributed by atoms with van der Waals surface area (Å²) in [5, 5.41) is 10.3. The third-order valence-electron chi connectivity index (χ3n) is 4.25. The van der Waals surface area contributed by atoms with Gasteiger partial charge in [0.2, 0.25) is 0 Å². The van der Waals surface area contributed by atoms with Crippen LogP contribution in [0.2, 0.25) is 0 Å². The highest BCUT2D eigenvalue weighted by Crippen LogP contribution is 2.51. The molecule has 94 valence electrons. The second kappa shape index (κ2) is 4.34. The lowest BCUT2D eigenvalue weighted by molar-refractivity contribution is 0.108. The number of allylic oxidation sites excluding steroid dienone is 3. The van der Waals surface area contributed by atoms with E-state index < -0.39 is 0 Å². The second-order valence-corrected chi connectivity index (χ2v) is 5.61. The van der Waals surface area contributed by atoms with Crippen molar-refractivity contribution in [1.29, 1.82) is 0 Å². The number of ether oxygens (including phenoxy) is 1. The van der Waals surface area contributed by atoms with Crippen molar-refractivity contribution in [3.63, 3.8) is 0 Å². The van der Waals surface area contributed by atoms with Gasteiger partial charge in [-0.3, -0.25) is 0 Å². The van der Waals surface area contributed by atoms with Gasteiger partial charge in [0.25, 0.3) is 0 Å². The molecule has 0 amide bonds. The third-order valence-corrected chi connectivity index (χ3v) is 4.25. The smallest absolute Gasteiger partial charge is 0.118 e. The number of hydrogen-bond acceptors (Lipinski definition) is 2. The first-order valence-electron chi connectivity index (χ1n) is 6.32. The van der Waals surface area contributed by atoms with Crippen molar-refractivity contribution in [2.75, 3.05) is 7.11 Å². The van der Waals surface area contributed by atoms with Crippen LogP contribution in [0, 0.1) is 17.3 Å². The van der Waals surface area contributed by atoms with Crippen molar-refractivity contribution >= 4 is 0 Å². The molecule has 2 rings (SSSR count). The molecule has 0 aromatic heterocycles. The quantitative estimate of drug-likeness (QED) is 0.795. The predicted octanol–water partition coefficient (Wildman–Crippen LogP) is 3.06. The molecule has 0 bridgehead atoms. The summed E-state index contributed by atoms with van der Waals surface area (Å²) in [5.74, 6) is 1.87. The van der Waals surface area contributed by atoms with Crippen molar-refractivity contribution in [3.05, 3.63) is 35.6 Å². The van der Waals surface area contributed by atoms with E-state index in [1.54, 1.807) is 7.11 Å². The molecule has 2 aliphatic rings. The maximum absolute atomic E-state index is 10.3. The summed E-state index contributed by atoms with van der Waals surface area (Å²) in [7, 11) is 1.68. The number of fused-ring (bicyclic) bond motifs is 1. The second-order valence-electron chi connectivity index (χ2n) is 5.61. The molecular weight excluding hydrogens is 212 g/mol. The maximum Gasteiger partial charge on any atom is 0.118 e. The summed E-state index contributed by atoms with van der Waals surface area (Å²) in [6.07, 6.45) is 8.77. The zero-order valence-corrected chi connectivity index (χ0v) is 11.1. The minimum absolute atomic E-state index is 0.230. The van der Waals surface area contributed by atoms with Gasteiger partial charge in [0, 0.05) is 5.41 Å². The molecule has 0 aliphatic heterocycles. The van der Waals surface area contributed by atoms with Crippen molar-refractivity contribution in [1.82, 2.24) is 0 Å². The van der Waals surface area contributed by atoms with E-state index in [4.69, 9.17) is 4.74 Å². The number of methoxy groups -OCH3 is 1. The first-order chi connectivity index (χ1) is 7.99. The average Bonchev–Trinajstić information content (AvgIpc) is 2.45. The topological polar surface area (TPSA) is 29.5 Å². The molecule has 0 aromatic rings. The van der Waals surface area contributed by atoms with E-state index in [0.717, 1.165) is 12.2 Å². The van der Waals surface area contributed by atoms with E-state index in [-0.39, 0.29) is 11.5 Å². The Bertz CT molecular complexity index is 390. The van der Waals surface area contributed by atoms with Crippen molar-refractivity contribution in [2.24, 2.45) is 17.3 Å². The lowest BCUT2D eigenvalue weighted by Gasteiger charge is -2.27. The molecule has 1 N–H and O–H groups in total. The monoisotopic (exact) mass is 234 g/mol. The van der Waals surface area contributed by atoms with Gasteiger partial charge >= 0.3 is 0 Å². The summed E-state index contributed by atoms with van der Waals surface area (Å²) in [5.41, 5.74) is 1.11. The van der Waals surface area contributed by atoms with E-state index in [9.17, 15) is 5.11 Å².